The van der Waals surface area contributed by atoms with Gasteiger partial charge in [-0.25, -0.2) is 9.18 Å². The van der Waals surface area contributed by atoms with Crippen molar-refractivity contribution in [3.8, 4) is 0 Å². The first-order valence-electron chi connectivity index (χ1n) is 8.65. The highest BCUT2D eigenvalue weighted by molar-refractivity contribution is 6.32. The molecule has 0 atom stereocenters. The van der Waals surface area contributed by atoms with Crippen molar-refractivity contribution >= 4 is 39.8 Å². The lowest BCUT2D eigenvalue weighted by molar-refractivity contribution is -0.113. The Labute approximate surface area is 165 Å². The third-order valence-corrected chi connectivity index (χ3v) is 4.99. The van der Waals surface area contributed by atoms with Gasteiger partial charge in [0, 0.05) is 40.0 Å². The number of carboxylic acids is 1. The largest absolute Gasteiger partial charge is 0.477 e. The van der Waals surface area contributed by atoms with Gasteiger partial charge in [0.25, 0.3) is 0 Å². The molecule has 1 heterocycles. The van der Waals surface area contributed by atoms with E-state index in [0.29, 0.717) is 27.1 Å². The molecule has 0 spiro atoms. The lowest BCUT2D eigenvalue weighted by atomic mass is 9.93. The number of aromatic nitrogens is 1. The van der Waals surface area contributed by atoms with Crippen molar-refractivity contribution < 1.29 is 19.1 Å². The van der Waals surface area contributed by atoms with E-state index in [1.165, 1.54) is 12.1 Å². The van der Waals surface area contributed by atoms with Crippen LogP contribution >= 0.6 is 11.6 Å². The summed E-state index contributed by atoms with van der Waals surface area (Å²) in [5.74, 6) is -1.66. The smallest absolute Gasteiger partial charge is 0.353 e. The second-order valence-corrected chi connectivity index (χ2v) is 6.98. The van der Waals surface area contributed by atoms with Crippen LogP contribution in [0.2, 0.25) is 5.02 Å². The topological polar surface area (TPSA) is 59.3 Å². The fraction of sp³-hybridized carbons (Fsp3) is 0.0909. The monoisotopic (exact) mass is 395 g/mol. The third-order valence-electron chi connectivity index (χ3n) is 4.75. The number of aromatic carboxylic acids is 1. The van der Waals surface area contributed by atoms with Crippen molar-refractivity contribution in [3.63, 3.8) is 0 Å². The van der Waals surface area contributed by atoms with Crippen molar-refractivity contribution in [3.05, 3.63) is 88.4 Å². The van der Waals surface area contributed by atoms with Gasteiger partial charge in [0.15, 0.2) is 5.78 Å². The van der Waals surface area contributed by atoms with E-state index < -0.39 is 5.97 Å². The van der Waals surface area contributed by atoms with E-state index in [1.807, 2.05) is 0 Å². The van der Waals surface area contributed by atoms with Crippen LogP contribution in [0.1, 0.15) is 28.0 Å². The summed E-state index contributed by atoms with van der Waals surface area (Å²) in [6, 6.07) is 11.0. The quantitative estimate of drug-likeness (QED) is 0.669. The molecule has 0 saturated carbocycles. The molecule has 1 aliphatic rings. The van der Waals surface area contributed by atoms with Crippen LogP contribution in [0.25, 0.3) is 16.5 Å². The lowest BCUT2D eigenvalue weighted by Gasteiger charge is -2.11. The Hall–Kier alpha value is -3.18. The van der Waals surface area contributed by atoms with Gasteiger partial charge in [-0.2, -0.15) is 0 Å². The first-order valence-corrected chi connectivity index (χ1v) is 9.03. The summed E-state index contributed by atoms with van der Waals surface area (Å²) in [4.78, 5) is 24.7. The number of fused-ring (bicyclic) bond motifs is 1. The molecule has 140 valence electrons. The van der Waals surface area contributed by atoms with Crippen molar-refractivity contribution in [2.24, 2.45) is 0 Å². The summed E-state index contributed by atoms with van der Waals surface area (Å²) in [5.41, 5.74) is 2.11. The Morgan fingerprint density at radius 2 is 1.93 bits per heavy atom. The summed E-state index contributed by atoms with van der Waals surface area (Å²) < 4.78 is 14.9. The number of benzene rings is 2. The normalized spacial score (nSPS) is 13.8. The number of hydrogen-bond acceptors (Lipinski definition) is 2. The molecule has 0 unspecified atom stereocenters. The molecule has 0 aliphatic heterocycles. The Kier molecular flexibility index (Phi) is 4.61. The van der Waals surface area contributed by atoms with Crippen LogP contribution < -0.4 is 0 Å². The average Bonchev–Trinajstić information content (AvgIpc) is 2.97. The van der Waals surface area contributed by atoms with Crippen molar-refractivity contribution in [1.29, 1.82) is 0 Å². The number of carbonyl (C=O) groups excluding carboxylic acids is 1. The Morgan fingerprint density at radius 3 is 2.61 bits per heavy atom. The molecule has 0 saturated heterocycles. The van der Waals surface area contributed by atoms with Gasteiger partial charge < -0.3 is 9.67 Å². The number of ketones is 1. The van der Waals surface area contributed by atoms with Crippen LogP contribution in [0.15, 0.2) is 60.7 Å². The van der Waals surface area contributed by atoms with Crippen LogP contribution in [0, 0.1) is 5.82 Å². The van der Waals surface area contributed by atoms with E-state index in [4.69, 9.17) is 11.6 Å². The zero-order valence-corrected chi connectivity index (χ0v) is 15.4. The maximum absolute atomic E-state index is 13.3. The number of rotatable bonds is 4. The Balaban J connectivity index is 2.01. The summed E-state index contributed by atoms with van der Waals surface area (Å²) in [5, 5.41) is 11.0. The minimum absolute atomic E-state index is 0.0106. The van der Waals surface area contributed by atoms with Crippen LogP contribution in [-0.2, 0) is 11.3 Å². The molecule has 6 heteroatoms. The van der Waals surface area contributed by atoms with E-state index in [-0.39, 0.29) is 30.3 Å². The molecule has 1 N–H and O–H groups in total. The number of carboxylic acid groups (broad SMARTS) is 1. The van der Waals surface area contributed by atoms with E-state index in [1.54, 1.807) is 53.1 Å². The first kappa shape index (κ1) is 18.2. The van der Waals surface area contributed by atoms with Gasteiger partial charge in [0.1, 0.15) is 11.5 Å². The Bertz CT molecular complexity index is 1170. The lowest BCUT2D eigenvalue weighted by Crippen LogP contribution is -2.13. The van der Waals surface area contributed by atoms with Crippen LogP contribution in [0.3, 0.4) is 0 Å². The van der Waals surface area contributed by atoms with E-state index in [0.717, 1.165) is 5.56 Å². The molecule has 4 nitrogen and oxygen atoms in total. The van der Waals surface area contributed by atoms with Crippen molar-refractivity contribution in [2.75, 3.05) is 0 Å². The van der Waals surface area contributed by atoms with E-state index >= 15 is 0 Å². The molecule has 0 amide bonds. The summed E-state index contributed by atoms with van der Waals surface area (Å²) in [7, 11) is 0. The maximum atomic E-state index is 13.3. The number of nitrogens with zero attached hydrogens (tertiary/aromatic N) is 1. The van der Waals surface area contributed by atoms with Crippen molar-refractivity contribution in [2.45, 2.75) is 13.0 Å². The fourth-order valence-electron chi connectivity index (χ4n) is 3.52. The molecule has 0 radical (unpaired) electrons. The third kappa shape index (κ3) is 3.14. The Morgan fingerprint density at radius 1 is 1.18 bits per heavy atom. The number of halogens is 2. The predicted octanol–water partition coefficient (Wildman–Crippen LogP) is 5.09. The highest BCUT2D eigenvalue weighted by Gasteiger charge is 2.28. The van der Waals surface area contributed by atoms with Crippen molar-refractivity contribution in [1.82, 2.24) is 4.57 Å². The van der Waals surface area contributed by atoms with Gasteiger partial charge >= 0.3 is 5.97 Å². The second-order valence-electron chi connectivity index (χ2n) is 6.54. The van der Waals surface area contributed by atoms with Gasteiger partial charge in [0.2, 0.25) is 0 Å². The fourth-order valence-corrected chi connectivity index (χ4v) is 3.70. The summed E-state index contributed by atoms with van der Waals surface area (Å²) in [6.45, 7) is 0.220. The molecule has 1 aliphatic carbocycles. The summed E-state index contributed by atoms with van der Waals surface area (Å²) in [6.07, 6.45) is 5.33. The molecule has 0 bridgehead atoms. The van der Waals surface area contributed by atoms with Gasteiger partial charge in [-0.15, -0.1) is 0 Å². The number of Topliss-reactive ketones (excluding diaryl/α,β-unsaturated/α-hetero) is 1. The van der Waals surface area contributed by atoms with Gasteiger partial charge in [-0.1, -0.05) is 42.0 Å². The minimum atomic E-state index is -1.15. The SMILES string of the molecule is O=C1CC=CC=C1c1c(C(=O)O)n(Cc2ccc(F)cc2)c2ccc(Cl)cc12. The number of carbonyl (C=O) groups is 2. The summed E-state index contributed by atoms with van der Waals surface area (Å²) >= 11 is 6.17. The zero-order chi connectivity index (χ0) is 19.8. The van der Waals surface area contributed by atoms with E-state index in [2.05, 4.69) is 0 Å². The van der Waals surface area contributed by atoms with Gasteiger partial charge in [-0.3, -0.25) is 4.79 Å². The zero-order valence-electron chi connectivity index (χ0n) is 14.7. The van der Waals surface area contributed by atoms with Crippen LogP contribution in [-0.4, -0.2) is 21.4 Å². The van der Waals surface area contributed by atoms with Crippen LogP contribution in [0.4, 0.5) is 4.39 Å². The molecule has 4 rings (SSSR count). The molecule has 0 fully saturated rings. The van der Waals surface area contributed by atoms with Crippen LogP contribution in [0.5, 0.6) is 0 Å². The molecule has 3 aromatic rings. The first-order chi connectivity index (χ1) is 13.5. The predicted molar refractivity (Wildman–Crippen MR) is 106 cm³/mol. The highest BCUT2D eigenvalue weighted by Crippen LogP contribution is 2.36. The molecule has 28 heavy (non-hydrogen) atoms. The molecule has 2 aromatic carbocycles. The molecular formula is C22H15ClFNO3. The maximum Gasteiger partial charge on any atom is 0.353 e. The minimum Gasteiger partial charge on any atom is -0.477 e. The standard InChI is InChI=1S/C22H15ClFNO3/c23-14-7-10-18-17(11-14)20(16-3-1-2-4-19(16)26)21(22(27)28)25(18)12-13-5-8-15(24)9-6-13/h1-3,5-11H,4,12H2,(H,27,28). The van der Waals surface area contributed by atoms with Gasteiger partial charge in [-0.05, 0) is 35.9 Å². The highest BCUT2D eigenvalue weighted by atomic mass is 35.5. The number of hydrogen-bond donors (Lipinski definition) is 1. The second kappa shape index (κ2) is 7.09. The van der Waals surface area contributed by atoms with Gasteiger partial charge in [0.05, 0.1) is 0 Å². The average molecular weight is 396 g/mol. The molecular weight excluding hydrogens is 381 g/mol. The van der Waals surface area contributed by atoms with E-state index in [9.17, 15) is 19.1 Å². The number of allylic oxidation sites excluding steroid dienone is 4. The molecule has 1 aromatic heterocycles.